The average molecular weight is 428 g/mol. The summed E-state index contributed by atoms with van der Waals surface area (Å²) < 4.78 is 2.78. The Labute approximate surface area is 167 Å². The van der Waals surface area contributed by atoms with Gasteiger partial charge in [0.15, 0.2) is 0 Å². The number of rotatable bonds is 8. The number of carbonyl (C=O) groups is 1. The van der Waals surface area contributed by atoms with Gasteiger partial charge in [-0.1, -0.05) is 22.0 Å². The molecular formula is C20H22BrN5O. The Morgan fingerprint density at radius 2 is 1.89 bits per heavy atom. The number of aromatic nitrogens is 3. The highest BCUT2D eigenvalue weighted by Crippen LogP contribution is 2.17. The number of nitrogens with one attached hydrogen (secondary N) is 2. The van der Waals surface area contributed by atoms with E-state index in [4.69, 9.17) is 0 Å². The second-order valence-corrected chi connectivity index (χ2v) is 7.05. The smallest absolute Gasteiger partial charge is 0.254 e. The van der Waals surface area contributed by atoms with Gasteiger partial charge in [0.2, 0.25) is 0 Å². The van der Waals surface area contributed by atoms with Crippen LogP contribution >= 0.6 is 15.9 Å². The van der Waals surface area contributed by atoms with E-state index in [-0.39, 0.29) is 5.91 Å². The minimum Gasteiger partial charge on any atom is -0.370 e. The molecule has 6 nitrogen and oxygen atoms in total. The molecule has 2 heterocycles. The minimum atomic E-state index is -0.0893. The summed E-state index contributed by atoms with van der Waals surface area (Å²) in [5.74, 6) is 0.783. The van der Waals surface area contributed by atoms with Crippen molar-refractivity contribution in [2.24, 2.45) is 0 Å². The van der Waals surface area contributed by atoms with Crippen molar-refractivity contribution in [3.8, 4) is 5.69 Å². The first kappa shape index (κ1) is 19.1. The van der Waals surface area contributed by atoms with Gasteiger partial charge in [-0.05, 0) is 56.2 Å². The van der Waals surface area contributed by atoms with Gasteiger partial charge < -0.3 is 10.6 Å². The summed E-state index contributed by atoms with van der Waals surface area (Å²) in [6.07, 6.45) is 5.23. The molecule has 1 amide bonds. The molecule has 0 aliphatic rings. The zero-order valence-electron chi connectivity index (χ0n) is 15.2. The number of carbonyl (C=O) groups excluding carboxylic acids is 1. The van der Waals surface area contributed by atoms with Crippen LogP contribution in [0.1, 0.15) is 28.9 Å². The molecule has 0 fully saturated rings. The molecule has 0 atom stereocenters. The highest BCUT2D eigenvalue weighted by molar-refractivity contribution is 9.10. The highest BCUT2D eigenvalue weighted by Gasteiger charge is 2.14. The lowest BCUT2D eigenvalue weighted by Gasteiger charge is -2.07. The molecule has 0 saturated heterocycles. The molecule has 0 saturated carbocycles. The van der Waals surface area contributed by atoms with E-state index in [1.807, 2.05) is 49.4 Å². The lowest BCUT2D eigenvalue weighted by Crippen LogP contribution is -2.25. The first-order valence-electron chi connectivity index (χ1n) is 8.89. The monoisotopic (exact) mass is 427 g/mol. The molecule has 2 aromatic heterocycles. The van der Waals surface area contributed by atoms with Gasteiger partial charge in [-0.15, -0.1) is 0 Å². The zero-order chi connectivity index (χ0) is 19.1. The first-order chi connectivity index (χ1) is 13.1. The minimum absolute atomic E-state index is 0.0893. The van der Waals surface area contributed by atoms with Crippen LogP contribution in [0.4, 0.5) is 5.82 Å². The number of anilines is 1. The van der Waals surface area contributed by atoms with Crippen LogP contribution in [0.5, 0.6) is 0 Å². The fourth-order valence-electron chi connectivity index (χ4n) is 2.71. The Balaban J connectivity index is 1.45. The fourth-order valence-corrected chi connectivity index (χ4v) is 2.97. The standard InChI is InChI=1S/C20H22BrN5O/c1-15-18(14-25-26(15)17-9-7-16(21)8-10-17)20(27)24-13-5-4-12-23-19-6-2-3-11-22-19/h2-3,6-11,14H,4-5,12-13H2,1H3,(H,22,23)(H,24,27). The van der Waals surface area contributed by atoms with Crippen molar-refractivity contribution in [3.05, 3.63) is 70.6 Å². The largest absolute Gasteiger partial charge is 0.370 e. The quantitative estimate of drug-likeness (QED) is 0.533. The maximum atomic E-state index is 12.4. The molecular weight excluding hydrogens is 406 g/mol. The molecule has 0 spiro atoms. The van der Waals surface area contributed by atoms with E-state index in [2.05, 4.69) is 36.6 Å². The predicted octanol–water partition coefficient (Wildman–Crippen LogP) is 3.96. The number of hydrogen-bond acceptors (Lipinski definition) is 4. The van der Waals surface area contributed by atoms with Crippen molar-refractivity contribution >= 4 is 27.7 Å². The first-order valence-corrected chi connectivity index (χ1v) is 9.68. The Bertz CT molecular complexity index is 877. The number of nitrogens with zero attached hydrogens (tertiary/aromatic N) is 3. The lowest BCUT2D eigenvalue weighted by atomic mass is 10.2. The van der Waals surface area contributed by atoms with E-state index in [1.165, 1.54) is 0 Å². The normalized spacial score (nSPS) is 10.6. The molecule has 3 aromatic rings. The third kappa shape index (κ3) is 5.17. The third-order valence-corrected chi connectivity index (χ3v) is 4.71. The number of halogens is 1. The van der Waals surface area contributed by atoms with Crippen molar-refractivity contribution in [1.29, 1.82) is 0 Å². The summed E-state index contributed by atoms with van der Waals surface area (Å²) in [5.41, 5.74) is 2.35. The van der Waals surface area contributed by atoms with Gasteiger partial charge in [-0.25, -0.2) is 9.67 Å². The Morgan fingerprint density at radius 1 is 1.11 bits per heavy atom. The van der Waals surface area contributed by atoms with Gasteiger partial charge in [-0.3, -0.25) is 4.79 Å². The number of pyridine rings is 1. The van der Waals surface area contributed by atoms with Crippen molar-refractivity contribution < 1.29 is 4.79 Å². The summed E-state index contributed by atoms with van der Waals surface area (Å²) in [5, 5.41) is 10.6. The van der Waals surface area contributed by atoms with Gasteiger partial charge in [0, 0.05) is 23.8 Å². The van der Waals surface area contributed by atoms with Crippen LogP contribution in [0.3, 0.4) is 0 Å². The van der Waals surface area contributed by atoms with Gasteiger partial charge >= 0.3 is 0 Å². The molecule has 0 unspecified atom stereocenters. The number of unbranched alkanes of at least 4 members (excludes halogenated alkanes) is 1. The van der Waals surface area contributed by atoms with Gasteiger partial charge in [0.1, 0.15) is 5.82 Å². The fraction of sp³-hybridized carbons (Fsp3) is 0.250. The van der Waals surface area contributed by atoms with Crippen LogP contribution < -0.4 is 10.6 Å². The van der Waals surface area contributed by atoms with Crippen molar-refractivity contribution in [3.63, 3.8) is 0 Å². The summed E-state index contributed by atoms with van der Waals surface area (Å²) >= 11 is 3.42. The SMILES string of the molecule is Cc1c(C(=O)NCCCCNc2ccccn2)cnn1-c1ccc(Br)cc1. The molecule has 0 aliphatic carbocycles. The van der Waals surface area contributed by atoms with Crippen molar-refractivity contribution in [1.82, 2.24) is 20.1 Å². The topological polar surface area (TPSA) is 71.8 Å². The number of hydrogen-bond donors (Lipinski definition) is 2. The van der Waals surface area contributed by atoms with E-state index in [0.717, 1.165) is 41.1 Å². The number of benzene rings is 1. The molecule has 0 radical (unpaired) electrons. The third-order valence-electron chi connectivity index (χ3n) is 4.19. The second-order valence-electron chi connectivity index (χ2n) is 6.14. The number of amides is 1. The second kappa shape index (κ2) is 9.32. The van der Waals surface area contributed by atoms with Crippen molar-refractivity contribution in [2.45, 2.75) is 19.8 Å². The van der Waals surface area contributed by atoms with E-state index in [1.54, 1.807) is 17.1 Å². The maximum absolute atomic E-state index is 12.4. The summed E-state index contributed by atoms with van der Waals surface area (Å²) in [7, 11) is 0. The van der Waals surface area contributed by atoms with Gasteiger partial charge in [-0.2, -0.15) is 5.10 Å². The molecule has 1 aromatic carbocycles. The van der Waals surface area contributed by atoms with E-state index in [9.17, 15) is 4.79 Å². The summed E-state index contributed by atoms with van der Waals surface area (Å²) in [6, 6.07) is 13.6. The summed E-state index contributed by atoms with van der Waals surface area (Å²) in [4.78, 5) is 16.6. The predicted molar refractivity (Wildman–Crippen MR) is 110 cm³/mol. The maximum Gasteiger partial charge on any atom is 0.254 e. The Kier molecular flexibility index (Phi) is 6.59. The molecule has 2 N–H and O–H groups in total. The highest BCUT2D eigenvalue weighted by atomic mass is 79.9. The van der Waals surface area contributed by atoms with Gasteiger partial charge in [0.05, 0.1) is 23.1 Å². The van der Waals surface area contributed by atoms with Gasteiger partial charge in [0.25, 0.3) is 5.91 Å². The molecule has 27 heavy (non-hydrogen) atoms. The molecule has 3 rings (SSSR count). The molecule has 7 heteroatoms. The van der Waals surface area contributed by atoms with E-state index >= 15 is 0 Å². The van der Waals surface area contributed by atoms with Crippen LogP contribution in [-0.2, 0) is 0 Å². The molecule has 0 bridgehead atoms. The lowest BCUT2D eigenvalue weighted by molar-refractivity contribution is 0.0952. The zero-order valence-corrected chi connectivity index (χ0v) is 16.7. The van der Waals surface area contributed by atoms with Crippen LogP contribution in [0.25, 0.3) is 5.69 Å². The van der Waals surface area contributed by atoms with Crippen LogP contribution in [0.2, 0.25) is 0 Å². The van der Waals surface area contributed by atoms with Crippen LogP contribution in [0, 0.1) is 6.92 Å². The molecule has 0 aliphatic heterocycles. The molecule has 140 valence electrons. The van der Waals surface area contributed by atoms with Crippen LogP contribution in [0.15, 0.2) is 59.3 Å². The van der Waals surface area contributed by atoms with E-state index in [0.29, 0.717) is 12.1 Å². The van der Waals surface area contributed by atoms with E-state index < -0.39 is 0 Å². The van der Waals surface area contributed by atoms with Crippen LogP contribution in [-0.4, -0.2) is 33.8 Å². The summed E-state index contributed by atoms with van der Waals surface area (Å²) in [6.45, 7) is 3.36. The Hall–Kier alpha value is -2.67. The Morgan fingerprint density at radius 3 is 2.63 bits per heavy atom. The van der Waals surface area contributed by atoms with Crippen molar-refractivity contribution in [2.75, 3.05) is 18.4 Å². The average Bonchev–Trinajstić information content (AvgIpc) is 3.07.